The predicted molar refractivity (Wildman–Crippen MR) is 85.1 cm³/mol. The molecule has 2 rings (SSSR count). The molecule has 3 nitrogen and oxygen atoms in total. The quantitative estimate of drug-likeness (QED) is 0.811. The van der Waals surface area contributed by atoms with Crippen LogP contribution in [0.4, 0.5) is 0 Å². The average molecular weight is 282 g/mol. The van der Waals surface area contributed by atoms with Gasteiger partial charge in [0.05, 0.1) is 6.61 Å². The topological polar surface area (TPSA) is 24.5 Å². The highest BCUT2D eigenvalue weighted by Gasteiger charge is 2.38. The fourth-order valence-electron chi connectivity index (χ4n) is 3.88. The van der Waals surface area contributed by atoms with E-state index >= 15 is 0 Å². The van der Waals surface area contributed by atoms with E-state index in [4.69, 9.17) is 4.74 Å². The van der Waals surface area contributed by atoms with Crippen molar-refractivity contribution in [3.8, 4) is 0 Å². The first-order chi connectivity index (χ1) is 9.52. The van der Waals surface area contributed by atoms with Crippen molar-refractivity contribution in [3.05, 3.63) is 0 Å². The first-order valence-electron chi connectivity index (χ1n) is 8.58. The SMILES string of the molecule is CC(C)NCC1(CN2CCCC2C(C)C)CCCOC1. The summed E-state index contributed by atoms with van der Waals surface area (Å²) in [7, 11) is 0. The monoisotopic (exact) mass is 282 g/mol. The van der Waals surface area contributed by atoms with E-state index in [9.17, 15) is 0 Å². The van der Waals surface area contributed by atoms with Crippen molar-refractivity contribution < 1.29 is 4.74 Å². The second-order valence-corrected chi connectivity index (χ2v) is 7.62. The van der Waals surface area contributed by atoms with Crippen molar-refractivity contribution in [3.63, 3.8) is 0 Å². The van der Waals surface area contributed by atoms with Crippen molar-refractivity contribution in [2.45, 2.75) is 65.5 Å². The Bertz CT molecular complexity index is 285. The molecule has 118 valence electrons. The number of nitrogens with one attached hydrogen (secondary N) is 1. The van der Waals surface area contributed by atoms with Gasteiger partial charge in [-0.15, -0.1) is 0 Å². The standard InChI is InChI=1S/C17H34N2O/c1-14(2)16-7-5-9-19(16)12-17(11-18-15(3)4)8-6-10-20-13-17/h14-16,18H,5-13H2,1-4H3. The molecule has 20 heavy (non-hydrogen) atoms. The lowest BCUT2D eigenvalue weighted by molar-refractivity contribution is -0.0313. The lowest BCUT2D eigenvalue weighted by Gasteiger charge is -2.42. The molecule has 0 aromatic rings. The van der Waals surface area contributed by atoms with Gasteiger partial charge < -0.3 is 10.1 Å². The minimum atomic E-state index is 0.333. The highest BCUT2D eigenvalue weighted by Crippen LogP contribution is 2.33. The van der Waals surface area contributed by atoms with Crippen LogP contribution in [0, 0.1) is 11.3 Å². The number of hydrogen-bond donors (Lipinski definition) is 1. The molecule has 0 radical (unpaired) electrons. The molecule has 2 heterocycles. The Labute approximate surface area is 125 Å². The van der Waals surface area contributed by atoms with Crippen LogP contribution in [0.15, 0.2) is 0 Å². The maximum absolute atomic E-state index is 5.86. The van der Waals surface area contributed by atoms with Gasteiger partial charge in [-0.2, -0.15) is 0 Å². The number of rotatable bonds is 6. The van der Waals surface area contributed by atoms with Gasteiger partial charge in [0.2, 0.25) is 0 Å². The van der Waals surface area contributed by atoms with Gasteiger partial charge in [0.15, 0.2) is 0 Å². The van der Waals surface area contributed by atoms with Gasteiger partial charge >= 0.3 is 0 Å². The van der Waals surface area contributed by atoms with Crippen LogP contribution < -0.4 is 5.32 Å². The summed E-state index contributed by atoms with van der Waals surface area (Å²) in [4.78, 5) is 2.75. The molecular weight excluding hydrogens is 248 g/mol. The molecule has 0 aromatic carbocycles. The molecule has 2 aliphatic heterocycles. The average Bonchev–Trinajstić information content (AvgIpc) is 2.86. The van der Waals surface area contributed by atoms with Gasteiger partial charge in [-0.3, -0.25) is 4.90 Å². The summed E-state index contributed by atoms with van der Waals surface area (Å²) in [6.45, 7) is 14.7. The van der Waals surface area contributed by atoms with Gasteiger partial charge in [0.1, 0.15) is 0 Å². The Kier molecular flexibility index (Phi) is 5.88. The van der Waals surface area contributed by atoms with E-state index < -0.39 is 0 Å². The van der Waals surface area contributed by atoms with E-state index in [1.54, 1.807) is 0 Å². The van der Waals surface area contributed by atoms with Gasteiger partial charge in [-0.25, -0.2) is 0 Å². The van der Waals surface area contributed by atoms with E-state index in [2.05, 4.69) is 37.9 Å². The molecule has 0 spiro atoms. The van der Waals surface area contributed by atoms with Gasteiger partial charge in [0, 0.05) is 37.2 Å². The Balaban J connectivity index is 1.99. The zero-order valence-electron chi connectivity index (χ0n) is 14.0. The summed E-state index contributed by atoms with van der Waals surface area (Å²) in [5.41, 5.74) is 0.333. The van der Waals surface area contributed by atoms with E-state index in [-0.39, 0.29) is 0 Å². The summed E-state index contributed by atoms with van der Waals surface area (Å²) >= 11 is 0. The molecule has 0 bridgehead atoms. The van der Waals surface area contributed by atoms with Crippen molar-refractivity contribution >= 4 is 0 Å². The molecule has 0 amide bonds. The number of likely N-dealkylation sites (tertiary alicyclic amines) is 1. The fraction of sp³-hybridized carbons (Fsp3) is 1.00. The molecule has 2 fully saturated rings. The molecule has 2 unspecified atom stereocenters. The molecule has 0 aliphatic carbocycles. The van der Waals surface area contributed by atoms with Crippen molar-refractivity contribution in [2.75, 3.05) is 32.8 Å². The van der Waals surface area contributed by atoms with Crippen molar-refractivity contribution in [1.82, 2.24) is 10.2 Å². The zero-order valence-corrected chi connectivity index (χ0v) is 14.0. The highest BCUT2D eigenvalue weighted by molar-refractivity contribution is 4.92. The van der Waals surface area contributed by atoms with Crippen molar-refractivity contribution in [2.24, 2.45) is 11.3 Å². The van der Waals surface area contributed by atoms with E-state index in [0.29, 0.717) is 11.5 Å². The van der Waals surface area contributed by atoms with Crippen LogP contribution >= 0.6 is 0 Å². The second kappa shape index (κ2) is 7.24. The van der Waals surface area contributed by atoms with Crippen LogP contribution in [0.5, 0.6) is 0 Å². The third-order valence-electron chi connectivity index (χ3n) is 5.01. The minimum absolute atomic E-state index is 0.333. The number of nitrogens with zero attached hydrogens (tertiary/aromatic N) is 1. The molecule has 0 aromatic heterocycles. The predicted octanol–water partition coefficient (Wildman–Crippen LogP) is 2.90. The molecule has 2 atom stereocenters. The van der Waals surface area contributed by atoms with E-state index in [1.807, 2.05) is 0 Å². The maximum atomic E-state index is 5.86. The third kappa shape index (κ3) is 4.19. The van der Waals surface area contributed by atoms with Gasteiger partial charge in [-0.05, 0) is 38.1 Å². The Morgan fingerprint density at radius 1 is 1.25 bits per heavy atom. The molecule has 2 aliphatic rings. The zero-order chi connectivity index (χ0) is 14.6. The minimum Gasteiger partial charge on any atom is -0.381 e. The maximum Gasteiger partial charge on any atom is 0.0546 e. The van der Waals surface area contributed by atoms with Crippen LogP contribution in [-0.2, 0) is 4.74 Å². The van der Waals surface area contributed by atoms with Crippen LogP contribution in [-0.4, -0.2) is 49.8 Å². The first kappa shape index (κ1) is 16.3. The van der Waals surface area contributed by atoms with Crippen molar-refractivity contribution in [1.29, 1.82) is 0 Å². The summed E-state index contributed by atoms with van der Waals surface area (Å²) in [6, 6.07) is 1.35. The van der Waals surface area contributed by atoms with Crippen LogP contribution in [0.25, 0.3) is 0 Å². The van der Waals surface area contributed by atoms with Crippen LogP contribution in [0.3, 0.4) is 0 Å². The number of hydrogen-bond acceptors (Lipinski definition) is 3. The number of ether oxygens (including phenoxy) is 1. The molecule has 3 heteroatoms. The lowest BCUT2D eigenvalue weighted by Crippen LogP contribution is -2.51. The van der Waals surface area contributed by atoms with E-state index in [1.165, 1.54) is 38.8 Å². The Hall–Kier alpha value is -0.120. The van der Waals surface area contributed by atoms with Gasteiger partial charge in [-0.1, -0.05) is 27.7 Å². The molecule has 0 saturated carbocycles. The second-order valence-electron chi connectivity index (χ2n) is 7.62. The Morgan fingerprint density at radius 2 is 2.05 bits per heavy atom. The summed E-state index contributed by atoms with van der Waals surface area (Å²) in [6.07, 6.45) is 5.29. The Morgan fingerprint density at radius 3 is 2.65 bits per heavy atom. The third-order valence-corrected chi connectivity index (χ3v) is 5.01. The highest BCUT2D eigenvalue weighted by atomic mass is 16.5. The molecule has 1 N–H and O–H groups in total. The smallest absolute Gasteiger partial charge is 0.0546 e. The fourth-order valence-corrected chi connectivity index (χ4v) is 3.88. The lowest BCUT2D eigenvalue weighted by atomic mass is 9.81. The molecular formula is C17H34N2O. The normalized spacial score (nSPS) is 32.4. The van der Waals surface area contributed by atoms with Crippen LogP contribution in [0.1, 0.15) is 53.4 Å². The summed E-state index contributed by atoms with van der Waals surface area (Å²) in [5, 5.41) is 3.67. The first-order valence-corrected chi connectivity index (χ1v) is 8.58. The summed E-state index contributed by atoms with van der Waals surface area (Å²) < 4.78 is 5.86. The summed E-state index contributed by atoms with van der Waals surface area (Å²) in [5.74, 6) is 0.775. The van der Waals surface area contributed by atoms with Gasteiger partial charge in [0.25, 0.3) is 0 Å². The largest absolute Gasteiger partial charge is 0.381 e. The van der Waals surface area contributed by atoms with E-state index in [0.717, 1.165) is 31.7 Å². The van der Waals surface area contributed by atoms with Crippen LogP contribution in [0.2, 0.25) is 0 Å². The molecule has 2 saturated heterocycles.